The zero-order valence-electron chi connectivity index (χ0n) is 10.7. The van der Waals surface area contributed by atoms with Crippen LogP contribution in [-0.2, 0) is 0 Å². The van der Waals surface area contributed by atoms with Crippen molar-refractivity contribution in [2.24, 2.45) is 0 Å². The van der Waals surface area contributed by atoms with Crippen molar-refractivity contribution in [3.8, 4) is 0 Å². The van der Waals surface area contributed by atoms with Gasteiger partial charge in [-0.25, -0.2) is 0 Å². The number of rotatable bonds is 4. The first-order chi connectivity index (χ1) is 8.22. The summed E-state index contributed by atoms with van der Waals surface area (Å²) in [7, 11) is 0. The van der Waals surface area contributed by atoms with Crippen molar-refractivity contribution in [2.45, 2.75) is 19.4 Å². The number of nitrogens with zero attached hydrogens (tertiary/aromatic N) is 2. The Morgan fingerprint density at radius 3 is 2.58 bits per heavy atom. The number of halogens is 2. The van der Waals surface area contributed by atoms with E-state index in [2.05, 4.69) is 17.1 Å². The van der Waals surface area contributed by atoms with E-state index in [4.69, 9.17) is 0 Å². The van der Waals surface area contributed by atoms with Crippen LogP contribution in [0.15, 0.2) is 11.4 Å². The van der Waals surface area contributed by atoms with Crippen LogP contribution >= 0.6 is 36.2 Å². The molecule has 0 amide bonds. The lowest BCUT2D eigenvalue weighted by atomic mass is 10.1. The highest BCUT2D eigenvalue weighted by molar-refractivity contribution is 7.13. The molecule has 0 radical (unpaired) electrons. The number of hydrogen-bond acceptors (Lipinski definition) is 5. The Bertz CT molecular complexity index is 397. The molecule has 1 atom stereocenters. The number of piperazine rings is 1. The van der Waals surface area contributed by atoms with Gasteiger partial charge in [0.15, 0.2) is 0 Å². The fourth-order valence-corrected chi connectivity index (χ4v) is 3.08. The molecule has 1 aromatic heterocycles. The van der Waals surface area contributed by atoms with Crippen LogP contribution in [0.1, 0.15) is 24.9 Å². The minimum absolute atomic E-state index is 0. The molecule has 19 heavy (non-hydrogen) atoms. The fourth-order valence-electron chi connectivity index (χ4n) is 2.31. The van der Waals surface area contributed by atoms with Crippen molar-refractivity contribution in [2.75, 3.05) is 26.2 Å². The molecule has 8 heteroatoms. The molecule has 0 saturated carbocycles. The van der Waals surface area contributed by atoms with E-state index in [1.807, 2.05) is 5.38 Å². The number of hydrogen-bond donors (Lipinski definition) is 1. The van der Waals surface area contributed by atoms with Gasteiger partial charge in [-0.2, -0.15) is 0 Å². The molecule has 1 aliphatic heterocycles. The molecule has 2 rings (SSSR count). The minimum atomic E-state index is -0.307. The summed E-state index contributed by atoms with van der Waals surface area (Å²) in [6.45, 7) is 6.17. The van der Waals surface area contributed by atoms with Gasteiger partial charge in [0.05, 0.1) is 4.92 Å². The van der Waals surface area contributed by atoms with E-state index in [9.17, 15) is 10.1 Å². The Labute approximate surface area is 129 Å². The highest BCUT2D eigenvalue weighted by Crippen LogP contribution is 2.31. The van der Waals surface area contributed by atoms with E-state index in [-0.39, 0.29) is 34.7 Å². The monoisotopic (exact) mass is 327 g/mol. The molecule has 2 heterocycles. The van der Waals surface area contributed by atoms with E-state index >= 15 is 0 Å². The summed E-state index contributed by atoms with van der Waals surface area (Å²) < 4.78 is 0. The second kappa shape index (κ2) is 8.71. The number of nitrogens with one attached hydrogen (secondary N) is 1. The van der Waals surface area contributed by atoms with Gasteiger partial charge in [-0.15, -0.1) is 24.8 Å². The summed E-state index contributed by atoms with van der Waals surface area (Å²) in [5.74, 6) is 0. The average Bonchev–Trinajstić information content (AvgIpc) is 2.81. The van der Waals surface area contributed by atoms with E-state index in [1.165, 1.54) is 11.3 Å². The molecule has 1 aliphatic rings. The summed E-state index contributed by atoms with van der Waals surface area (Å²) in [5.41, 5.74) is 1.09. The van der Waals surface area contributed by atoms with Crippen molar-refractivity contribution in [1.29, 1.82) is 0 Å². The fraction of sp³-hybridized carbons (Fsp3) is 0.636. The maximum absolute atomic E-state index is 10.7. The second-order valence-electron chi connectivity index (χ2n) is 4.19. The van der Waals surface area contributed by atoms with Gasteiger partial charge in [0.1, 0.15) is 0 Å². The van der Waals surface area contributed by atoms with Crippen molar-refractivity contribution in [3.63, 3.8) is 0 Å². The van der Waals surface area contributed by atoms with E-state index < -0.39 is 0 Å². The Hall–Kier alpha value is -0.400. The van der Waals surface area contributed by atoms with Gasteiger partial charge in [0, 0.05) is 43.7 Å². The summed E-state index contributed by atoms with van der Waals surface area (Å²) in [6, 6.07) is 2.04. The largest absolute Gasteiger partial charge is 0.324 e. The van der Waals surface area contributed by atoms with Gasteiger partial charge in [0.2, 0.25) is 0 Å². The Morgan fingerprint density at radius 1 is 1.47 bits per heavy atom. The third-order valence-corrected chi connectivity index (χ3v) is 4.05. The van der Waals surface area contributed by atoms with Gasteiger partial charge in [-0.05, 0) is 12.0 Å². The maximum atomic E-state index is 10.7. The Balaban J connectivity index is 0.00000162. The van der Waals surface area contributed by atoms with Crippen molar-refractivity contribution in [3.05, 3.63) is 27.1 Å². The molecule has 1 saturated heterocycles. The molecular weight excluding hydrogens is 309 g/mol. The normalized spacial score (nSPS) is 17.1. The summed E-state index contributed by atoms with van der Waals surface area (Å²) in [5, 5.41) is 16.2. The first kappa shape index (κ1) is 18.6. The van der Waals surface area contributed by atoms with Crippen molar-refractivity contribution >= 4 is 41.2 Å². The van der Waals surface area contributed by atoms with Gasteiger partial charge >= 0.3 is 5.00 Å². The number of thiophene rings is 1. The van der Waals surface area contributed by atoms with E-state index in [0.717, 1.165) is 38.2 Å². The third-order valence-electron chi connectivity index (χ3n) is 3.15. The van der Waals surface area contributed by atoms with Gasteiger partial charge in [0.25, 0.3) is 0 Å². The van der Waals surface area contributed by atoms with Gasteiger partial charge < -0.3 is 5.32 Å². The molecule has 0 bridgehead atoms. The van der Waals surface area contributed by atoms with Crippen molar-refractivity contribution in [1.82, 2.24) is 10.2 Å². The van der Waals surface area contributed by atoms with Crippen LogP contribution in [0.3, 0.4) is 0 Å². The van der Waals surface area contributed by atoms with Gasteiger partial charge in [-0.3, -0.25) is 15.0 Å². The molecule has 5 nitrogen and oxygen atoms in total. The number of nitro groups is 1. The lowest BCUT2D eigenvalue weighted by Crippen LogP contribution is -2.44. The highest BCUT2D eigenvalue weighted by Gasteiger charge is 2.23. The topological polar surface area (TPSA) is 58.4 Å². The molecule has 0 aromatic carbocycles. The second-order valence-corrected chi connectivity index (χ2v) is 5.08. The predicted molar refractivity (Wildman–Crippen MR) is 82.9 cm³/mol. The summed E-state index contributed by atoms with van der Waals surface area (Å²) >= 11 is 1.22. The molecule has 0 spiro atoms. The van der Waals surface area contributed by atoms with Crippen molar-refractivity contribution < 1.29 is 4.92 Å². The first-order valence-corrected chi connectivity index (χ1v) is 6.78. The summed E-state index contributed by atoms with van der Waals surface area (Å²) in [4.78, 5) is 12.8. The molecule has 110 valence electrons. The zero-order valence-corrected chi connectivity index (χ0v) is 13.2. The molecular formula is C11H19Cl2N3O2S. The SMILES string of the molecule is CC[C@H](c1csc([N+](=O)[O-])c1)N1CCNCC1.Cl.Cl. The standard InChI is InChI=1S/C11H17N3O2S.2ClH/c1-2-10(13-5-3-12-4-6-13)9-7-11(14(15)16)17-8-9;;/h7-8,10,12H,2-6H2,1H3;2*1H/t10-;;/m1../s1. The van der Waals surface area contributed by atoms with Gasteiger partial charge in [-0.1, -0.05) is 18.3 Å². The first-order valence-electron chi connectivity index (χ1n) is 5.90. The summed E-state index contributed by atoms with van der Waals surface area (Å²) in [6.07, 6.45) is 0.994. The maximum Gasteiger partial charge on any atom is 0.324 e. The highest BCUT2D eigenvalue weighted by atomic mass is 35.5. The smallest absolute Gasteiger partial charge is 0.314 e. The van der Waals surface area contributed by atoms with E-state index in [1.54, 1.807) is 6.07 Å². The van der Waals surface area contributed by atoms with Crippen LogP contribution in [0.4, 0.5) is 5.00 Å². The van der Waals surface area contributed by atoms with Crippen LogP contribution in [0.5, 0.6) is 0 Å². The molecule has 0 aliphatic carbocycles. The van der Waals surface area contributed by atoms with Crippen LogP contribution in [-0.4, -0.2) is 36.0 Å². The average molecular weight is 328 g/mol. The molecule has 1 fully saturated rings. The zero-order chi connectivity index (χ0) is 12.3. The van der Waals surface area contributed by atoms with Crippen LogP contribution in [0, 0.1) is 10.1 Å². The lowest BCUT2D eigenvalue weighted by Gasteiger charge is -2.34. The Morgan fingerprint density at radius 2 is 2.11 bits per heavy atom. The molecule has 0 unspecified atom stereocenters. The minimum Gasteiger partial charge on any atom is -0.314 e. The quantitative estimate of drug-likeness (QED) is 0.682. The van der Waals surface area contributed by atoms with Crippen LogP contribution in [0.25, 0.3) is 0 Å². The molecule has 1 aromatic rings. The molecule has 1 N–H and O–H groups in total. The lowest BCUT2D eigenvalue weighted by molar-refractivity contribution is -0.380. The van der Waals surface area contributed by atoms with Crippen LogP contribution in [0.2, 0.25) is 0 Å². The predicted octanol–water partition coefficient (Wildman–Crippen LogP) is 2.86. The van der Waals surface area contributed by atoms with Crippen LogP contribution < -0.4 is 5.32 Å². The third kappa shape index (κ3) is 4.57. The Kier molecular flexibility index (Phi) is 8.52. The van der Waals surface area contributed by atoms with E-state index in [0.29, 0.717) is 6.04 Å².